The largest absolute Gasteiger partial charge is 0.356 e. The standard InChI is InChI=1S/C24H36N2O2/c27-23(17-16-20-10-7-8-11-20)25-18-9-19-26(22-14-5-2-6-15-22)24(28)21-12-3-1-4-13-21/h2,5-6,14-15,20-21H,1,3-4,7-13,16-19H2,(H,25,27). The fourth-order valence-corrected chi connectivity index (χ4v) is 4.73. The first kappa shape index (κ1) is 20.9. The fourth-order valence-electron chi connectivity index (χ4n) is 4.73. The molecular weight excluding hydrogens is 348 g/mol. The van der Waals surface area contributed by atoms with Crippen LogP contribution in [-0.4, -0.2) is 24.9 Å². The van der Waals surface area contributed by atoms with Crippen LogP contribution in [-0.2, 0) is 9.59 Å². The zero-order valence-corrected chi connectivity index (χ0v) is 17.2. The zero-order chi connectivity index (χ0) is 19.6. The molecule has 0 spiro atoms. The van der Waals surface area contributed by atoms with E-state index >= 15 is 0 Å². The maximum absolute atomic E-state index is 13.1. The topological polar surface area (TPSA) is 49.4 Å². The normalized spacial score (nSPS) is 18.1. The highest BCUT2D eigenvalue weighted by atomic mass is 16.2. The van der Waals surface area contributed by atoms with Crippen LogP contribution in [0.2, 0.25) is 0 Å². The summed E-state index contributed by atoms with van der Waals surface area (Å²) < 4.78 is 0. The van der Waals surface area contributed by atoms with Crippen molar-refractivity contribution in [3.63, 3.8) is 0 Å². The van der Waals surface area contributed by atoms with Gasteiger partial charge in [0.2, 0.25) is 11.8 Å². The summed E-state index contributed by atoms with van der Waals surface area (Å²) in [6.07, 6.45) is 13.3. The van der Waals surface area contributed by atoms with Gasteiger partial charge in [-0.2, -0.15) is 0 Å². The molecule has 1 aromatic rings. The molecule has 4 nitrogen and oxygen atoms in total. The van der Waals surface area contributed by atoms with E-state index in [1.165, 1.54) is 32.1 Å². The van der Waals surface area contributed by atoms with Gasteiger partial charge in [-0.05, 0) is 43.7 Å². The molecule has 0 saturated heterocycles. The molecule has 1 aromatic carbocycles. The Balaban J connectivity index is 1.44. The number of carbonyl (C=O) groups is 2. The van der Waals surface area contributed by atoms with Gasteiger partial charge in [0.25, 0.3) is 0 Å². The van der Waals surface area contributed by atoms with Gasteiger partial charge in [0.15, 0.2) is 0 Å². The van der Waals surface area contributed by atoms with E-state index in [1.54, 1.807) is 0 Å². The van der Waals surface area contributed by atoms with Gasteiger partial charge >= 0.3 is 0 Å². The second kappa shape index (κ2) is 11.2. The second-order valence-corrected chi connectivity index (χ2v) is 8.55. The van der Waals surface area contributed by atoms with Crippen molar-refractivity contribution in [2.75, 3.05) is 18.0 Å². The van der Waals surface area contributed by atoms with E-state index in [1.807, 2.05) is 35.2 Å². The number of anilines is 1. The Morgan fingerprint density at radius 2 is 1.61 bits per heavy atom. The van der Waals surface area contributed by atoms with Crippen LogP contribution >= 0.6 is 0 Å². The van der Waals surface area contributed by atoms with Gasteiger partial charge in [0, 0.05) is 31.1 Å². The lowest BCUT2D eigenvalue weighted by Crippen LogP contribution is -2.39. The lowest BCUT2D eigenvalue weighted by molar-refractivity contribution is -0.123. The lowest BCUT2D eigenvalue weighted by Gasteiger charge is -2.29. The summed E-state index contributed by atoms with van der Waals surface area (Å²) in [6, 6.07) is 9.99. The molecule has 0 atom stereocenters. The van der Waals surface area contributed by atoms with Crippen LogP contribution in [0.25, 0.3) is 0 Å². The first-order valence-electron chi connectivity index (χ1n) is 11.4. The average Bonchev–Trinajstić information content (AvgIpc) is 3.27. The predicted molar refractivity (Wildman–Crippen MR) is 114 cm³/mol. The molecule has 2 fully saturated rings. The third-order valence-electron chi connectivity index (χ3n) is 6.42. The third kappa shape index (κ3) is 6.35. The van der Waals surface area contributed by atoms with Gasteiger partial charge in [0.05, 0.1) is 0 Å². The molecule has 0 bridgehead atoms. The first-order valence-corrected chi connectivity index (χ1v) is 11.4. The minimum atomic E-state index is 0.162. The van der Waals surface area contributed by atoms with Crippen LogP contribution in [0.5, 0.6) is 0 Å². The Labute approximate surface area is 170 Å². The average molecular weight is 385 g/mol. The highest BCUT2D eigenvalue weighted by Gasteiger charge is 2.26. The number of hydrogen-bond acceptors (Lipinski definition) is 2. The Morgan fingerprint density at radius 3 is 2.32 bits per heavy atom. The van der Waals surface area contributed by atoms with Crippen molar-refractivity contribution < 1.29 is 9.59 Å². The number of hydrogen-bond donors (Lipinski definition) is 1. The molecule has 28 heavy (non-hydrogen) atoms. The van der Waals surface area contributed by atoms with E-state index in [0.29, 0.717) is 19.5 Å². The van der Waals surface area contributed by atoms with Crippen molar-refractivity contribution >= 4 is 17.5 Å². The summed E-state index contributed by atoms with van der Waals surface area (Å²) >= 11 is 0. The molecule has 3 rings (SSSR count). The van der Waals surface area contributed by atoms with Crippen LogP contribution in [0.15, 0.2) is 30.3 Å². The zero-order valence-electron chi connectivity index (χ0n) is 17.2. The molecule has 154 valence electrons. The van der Waals surface area contributed by atoms with Crippen LogP contribution in [0, 0.1) is 11.8 Å². The van der Waals surface area contributed by atoms with Crippen molar-refractivity contribution in [2.45, 2.75) is 77.0 Å². The second-order valence-electron chi connectivity index (χ2n) is 8.55. The fraction of sp³-hybridized carbons (Fsp3) is 0.667. The van der Waals surface area contributed by atoms with E-state index in [0.717, 1.165) is 50.1 Å². The van der Waals surface area contributed by atoms with Crippen LogP contribution in [0.4, 0.5) is 5.69 Å². The smallest absolute Gasteiger partial charge is 0.230 e. The van der Waals surface area contributed by atoms with Crippen LogP contribution in [0.1, 0.15) is 77.0 Å². The Hall–Kier alpha value is -1.84. The summed E-state index contributed by atoms with van der Waals surface area (Å²) in [5.74, 6) is 1.35. The minimum Gasteiger partial charge on any atom is -0.356 e. The van der Waals surface area contributed by atoms with Crippen LogP contribution < -0.4 is 10.2 Å². The third-order valence-corrected chi connectivity index (χ3v) is 6.42. The van der Waals surface area contributed by atoms with Gasteiger partial charge in [0.1, 0.15) is 0 Å². The molecule has 2 aliphatic carbocycles. The van der Waals surface area contributed by atoms with Crippen LogP contribution in [0.3, 0.4) is 0 Å². The highest BCUT2D eigenvalue weighted by molar-refractivity contribution is 5.95. The quantitative estimate of drug-likeness (QED) is 0.604. The maximum Gasteiger partial charge on any atom is 0.230 e. The number of amides is 2. The summed E-state index contributed by atoms with van der Waals surface area (Å²) in [6.45, 7) is 1.31. The van der Waals surface area contributed by atoms with E-state index in [-0.39, 0.29) is 17.7 Å². The number of carbonyl (C=O) groups excluding carboxylic acids is 2. The Kier molecular flexibility index (Phi) is 8.38. The van der Waals surface area contributed by atoms with Crippen molar-refractivity contribution in [1.82, 2.24) is 5.32 Å². The maximum atomic E-state index is 13.1. The van der Waals surface area contributed by atoms with Gasteiger partial charge in [-0.25, -0.2) is 0 Å². The molecule has 0 heterocycles. The van der Waals surface area contributed by atoms with E-state index < -0.39 is 0 Å². The summed E-state index contributed by atoms with van der Waals surface area (Å²) in [4.78, 5) is 27.2. The van der Waals surface area contributed by atoms with E-state index in [2.05, 4.69) is 5.32 Å². The van der Waals surface area contributed by atoms with Gasteiger partial charge in [-0.15, -0.1) is 0 Å². The number of benzene rings is 1. The molecule has 4 heteroatoms. The van der Waals surface area contributed by atoms with E-state index in [4.69, 9.17) is 0 Å². The molecule has 2 saturated carbocycles. The molecule has 0 radical (unpaired) electrons. The SMILES string of the molecule is O=C(CCC1CCCC1)NCCCN(C(=O)C1CCCCC1)c1ccccc1. The number of para-hydroxylation sites is 1. The highest BCUT2D eigenvalue weighted by Crippen LogP contribution is 2.29. The summed E-state index contributed by atoms with van der Waals surface area (Å²) in [5.41, 5.74) is 0.977. The number of rotatable bonds is 9. The van der Waals surface area contributed by atoms with Gasteiger partial charge in [-0.1, -0.05) is 63.1 Å². The molecule has 0 aliphatic heterocycles. The number of nitrogens with zero attached hydrogens (tertiary/aromatic N) is 1. The van der Waals surface area contributed by atoms with Gasteiger partial charge < -0.3 is 10.2 Å². The van der Waals surface area contributed by atoms with Crippen molar-refractivity contribution in [3.05, 3.63) is 30.3 Å². The Bertz CT molecular complexity index is 604. The molecule has 0 unspecified atom stereocenters. The molecule has 0 aromatic heterocycles. The monoisotopic (exact) mass is 384 g/mol. The van der Waals surface area contributed by atoms with Crippen molar-refractivity contribution in [1.29, 1.82) is 0 Å². The van der Waals surface area contributed by atoms with E-state index in [9.17, 15) is 9.59 Å². The molecule has 2 amide bonds. The molecule has 2 aliphatic rings. The molecule has 1 N–H and O–H groups in total. The van der Waals surface area contributed by atoms with Gasteiger partial charge in [-0.3, -0.25) is 9.59 Å². The van der Waals surface area contributed by atoms with Crippen molar-refractivity contribution in [3.8, 4) is 0 Å². The Morgan fingerprint density at radius 1 is 0.929 bits per heavy atom. The summed E-state index contributed by atoms with van der Waals surface area (Å²) in [7, 11) is 0. The minimum absolute atomic E-state index is 0.162. The molecular formula is C24H36N2O2. The van der Waals surface area contributed by atoms with Crippen molar-refractivity contribution in [2.24, 2.45) is 11.8 Å². The summed E-state index contributed by atoms with van der Waals surface area (Å²) in [5, 5.41) is 3.06. The lowest BCUT2D eigenvalue weighted by atomic mass is 9.88. The number of nitrogens with one attached hydrogen (secondary N) is 1. The first-order chi connectivity index (χ1) is 13.7. The predicted octanol–water partition coefficient (Wildman–Crippen LogP) is 5.08.